The third kappa shape index (κ3) is 4.37. The number of halogens is 3. The molecule has 3 heterocycles. The zero-order valence-corrected chi connectivity index (χ0v) is 21.6. The molecule has 0 bridgehead atoms. The van der Waals surface area contributed by atoms with Gasteiger partial charge in [0.05, 0.1) is 28.0 Å². The van der Waals surface area contributed by atoms with Crippen molar-refractivity contribution in [2.24, 2.45) is 0 Å². The van der Waals surface area contributed by atoms with Crippen LogP contribution < -0.4 is 10.6 Å². The number of anilines is 1. The summed E-state index contributed by atoms with van der Waals surface area (Å²) in [6.45, 7) is 0. The van der Waals surface area contributed by atoms with Crippen LogP contribution >= 0.6 is 0 Å². The second-order valence-corrected chi connectivity index (χ2v) is 10.3. The Morgan fingerprint density at radius 2 is 1.64 bits per heavy atom. The zero-order chi connectivity index (χ0) is 29.9. The highest BCUT2D eigenvalue weighted by Gasteiger charge is 2.45. The van der Waals surface area contributed by atoms with E-state index >= 15 is 0 Å². The highest BCUT2D eigenvalue weighted by molar-refractivity contribution is 6.26. The van der Waals surface area contributed by atoms with Gasteiger partial charge in [-0.05, 0) is 36.1 Å². The molecule has 2 fully saturated rings. The van der Waals surface area contributed by atoms with Crippen molar-refractivity contribution in [1.82, 2.24) is 15.2 Å². The number of rotatable bonds is 4. The molecule has 1 saturated carbocycles. The topological polar surface area (TPSA) is 146 Å². The van der Waals surface area contributed by atoms with Gasteiger partial charge < -0.3 is 10.3 Å². The Hall–Kier alpha value is -5.07. The van der Waals surface area contributed by atoms with Crippen molar-refractivity contribution >= 4 is 51.8 Å². The third-order valence-corrected chi connectivity index (χ3v) is 7.79. The molecular weight excluding hydrogens is 557 g/mol. The smallest absolute Gasteiger partial charge is 0.361 e. The van der Waals surface area contributed by atoms with E-state index < -0.39 is 58.9 Å². The van der Waals surface area contributed by atoms with E-state index in [1.54, 1.807) is 6.07 Å². The minimum absolute atomic E-state index is 0.00882. The van der Waals surface area contributed by atoms with Gasteiger partial charge in [-0.15, -0.1) is 0 Å². The van der Waals surface area contributed by atoms with Crippen LogP contribution in [0.3, 0.4) is 0 Å². The van der Waals surface area contributed by atoms with Gasteiger partial charge >= 0.3 is 6.18 Å². The van der Waals surface area contributed by atoms with Gasteiger partial charge in [0.2, 0.25) is 11.8 Å². The van der Waals surface area contributed by atoms with E-state index in [1.165, 1.54) is 30.3 Å². The first kappa shape index (κ1) is 27.1. The van der Waals surface area contributed by atoms with Gasteiger partial charge in [-0.2, -0.15) is 13.2 Å². The number of carbonyl (C=O) groups excluding carboxylic acids is 6. The standard InChI is InChI=1S/C29H21F3N4O6/c30-29(31,32)17-12-34-18-5-1-3-14(24(17)18)13-9-21(37)16(22(38)10-13)11-33-19-6-2-4-15-25(19)28(42)36(27(15)41)20-7-8-23(39)35-26(20)40/h1-6,11-13,20,33-34H,7-10H2,(H,35,39,40). The van der Waals surface area contributed by atoms with E-state index in [9.17, 15) is 41.9 Å². The average molecular weight is 579 g/mol. The highest BCUT2D eigenvalue weighted by Crippen LogP contribution is 2.42. The van der Waals surface area contributed by atoms with Crippen molar-refractivity contribution in [1.29, 1.82) is 0 Å². The number of allylic oxidation sites excluding steroid dienone is 1. The normalized spacial score (nSPS) is 21.2. The first-order chi connectivity index (χ1) is 20.0. The van der Waals surface area contributed by atoms with Crippen LogP contribution in [0.1, 0.15) is 63.4 Å². The summed E-state index contributed by atoms with van der Waals surface area (Å²) >= 11 is 0. The molecule has 13 heteroatoms. The van der Waals surface area contributed by atoms with E-state index in [4.69, 9.17) is 0 Å². The average Bonchev–Trinajstić information content (AvgIpc) is 3.48. The van der Waals surface area contributed by atoms with Crippen LogP contribution in [0.25, 0.3) is 10.9 Å². The van der Waals surface area contributed by atoms with Crippen molar-refractivity contribution < 1.29 is 41.9 Å². The minimum atomic E-state index is -4.63. The number of hydrogen-bond acceptors (Lipinski definition) is 7. The number of nitrogens with zero attached hydrogens (tertiary/aromatic N) is 1. The van der Waals surface area contributed by atoms with Crippen molar-refractivity contribution in [3.8, 4) is 0 Å². The van der Waals surface area contributed by atoms with E-state index in [0.717, 1.165) is 17.3 Å². The molecule has 0 radical (unpaired) electrons. The van der Waals surface area contributed by atoms with E-state index in [2.05, 4.69) is 15.6 Å². The van der Waals surface area contributed by atoms with Crippen LogP contribution in [0.2, 0.25) is 0 Å². The molecular formula is C29H21F3N4O6. The third-order valence-electron chi connectivity index (χ3n) is 7.79. The molecule has 0 spiro atoms. The van der Waals surface area contributed by atoms with Crippen LogP contribution in [0.4, 0.5) is 18.9 Å². The largest absolute Gasteiger partial charge is 0.418 e. The van der Waals surface area contributed by atoms with Crippen molar-refractivity contribution in [2.45, 2.75) is 43.8 Å². The number of aromatic nitrogens is 1. The number of nitrogens with one attached hydrogen (secondary N) is 3. The number of ketones is 2. The van der Waals surface area contributed by atoms with Crippen LogP contribution in [0.15, 0.2) is 54.4 Å². The molecule has 42 heavy (non-hydrogen) atoms. The molecule has 10 nitrogen and oxygen atoms in total. The van der Waals surface area contributed by atoms with Gasteiger partial charge in [0.1, 0.15) is 6.04 Å². The number of fused-ring (bicyclic) bond motifs is 2. The Morgan fingerprint density at radius 3 is 2.33 bits per heavy atom. The molecule has 1 aliphatic carbocycles. The van der Waals surface area contributed by atoms with Crippen LogP contribution in [-0.4, -0.2) is 51.1 Å². The minimum Gasteiger partial charge on any atom is -0.361 e. The number of benzene rings is 2. The Kier molecular flexibility index (Phi) is 6.32. The maximum absolute atomic E-state index is 13.6. The van der Waals surface area contributed by atoms with Gasteiger partial charge in [-0.3, -0.25) is 39.0 Å². The second kappa shape index (κ2) is 9.79. The van der Waals surface area contributed by atoms with E-state index in [1.807, 2.05) is 0 Å². The molecule has 214 valence electrons. The molecule has 4 amide bonds. The molecule has 3 N–H and O–H groups in total. The SMILES string of the molecule is O=C1CCC(N2C(=O)c3cccc(NC=C4C(=O)CC(c5cccc6[nH]cc(C(F)(F)F)c56)CC4=O)c3C2=O)C(=O)N1. The van der Waals surface area contributed by atoms with Gasteiger partial charge in [0.15, 0.2) is 11.6 Å². The van der Waals surface area contributed by atoms with Crippen LogP contribution in [-0.2, 0) is 25.4 Å². The Labute approximate surface area is 234 Å². The predicted octanol–water partition coefficient (Wildman–Crippen LogP) is 3.60. The maximum atomic E-state index is 13.6. The molecule has 1 unspecified atom stereocenters. The van der Waals surface area contributed by atoms with Crippen molar-refractivity contribution in [2.75, 3.05) is 5.32 Å². The lowest BCUT2D eigenvalue weighted by Gasteiger charge is -2.27. The Balaban J connectivity index is 1.25. The predicted molar refractivity (Wildman–Crippen MR) is 140 cm³/mol. The summed E-state index contributed by atoms with van der Waals surface area (Å²) in [7, 11) is 0. The monoisotopic (exact) mass is 578 g/mol. The number of H-pyrrole nitrogens is 1. The van der Waals surface area contributed by atoms with Crippen molar-refractivity contribution in [3.63, 3.8) is 0 Å². The van der Waals surface area contributed by atoms with E-state index in [-0.39, 0.29) is 64.5 Å². The zero-order valence-electron chi connectivity index (χ0n) is 21.6. The number of aromatic amines is 1. The molecule has 3 aliphatic rings. The van der Waals surface area contributed by atoms with Gasteiger partial charge in [0, 0.05) is 42.6 Å². The van der Waals surface area contributed by atoms with Gasteiger partial charge in [-0.25, -0.2) is 0 Å². The van der Waals surface area contributed by atoms with E-state index in [0.29, 0.717) is 0 Å². The second-order valence-electron chi connectivity index (χ2n) is 10.3. The van der Waals surface area contributed by atoms with Crippen LogP contribution in [0, 0.1) is 0 Å². The summed E-state index contributed by atoms with van der Waals surface area (Å²) in [5, 5.41) is 4.81. The summed E-state index contributed by atoms with van der Waals surface area (Å²) < 4.78 is 40.9. The molecule has 3 aromatic rings. The fourth-order valence-electron chi connectivity index (χ4n) is 5.84. The number of alkyl halides is 3. The number of amides is 4. The highest BCUT2D eigenvalue weighted by atomic mass is 19.4. The summed E-state index contributed by atoms with van der Waals surface area (Å²) in [6.07, 6.45) is -3.13. The molecule has 1 atom stereocenters. The van der Waals surface area contributed by atoms with Crippen LogP contribution in [0.5, 0.6) is 0 Å². The Morgan fingerprint density at radius 1 is 0.929 bits per heavy atom. The first-order valence-corrected chi connectivity index (χ1v) is 13.0. The molecule has 6 rings (SSSR count). The quantitative estimate of drug-likeness (QED) is 0.244. The number of carbonyl (C=O) groups is 6. The Bertz CT molecular complexity index is 1750. The fraction of sp³-hybridized carbons (Fsp3) is 0.241. The molecule has 2 aromatic carbocycles. The summed E-state index contributed by atoms with van der Waals surface area (Å²) in [5.74, 6) is -4.71. The summed E-state index contributed by atoms with van der Waals surface area (Å²) in [6, 6.07) is 7.70. The molecule has 1 aromatic heterocycles. The maximum Gasteiger partial charge on any atom is 0.418 e. The lowest BCUT2D eigenvalue weighted by molar-refractivity contribution is -0.137. The summed E-state index contributed by atoms with van der Waals surface area (Å²) in [4.78, 5) is 79.7. The molecule has 1 saturated heterocycles. The number of Topliss-reactive ketones (excluding diaryl/α,β-unsaturated/α-hetero) is 2. The van der Waals surface area contributed by atoms with Gasteiger partial charge in [0.25, 0.3) is 11.8 Å². The van der Waals surface area contributed by atoms with Crippen molar-refractivity contribution in [3.05, 3.63) is 76.6 Å². The van der Waals surface area contributed by atoms with Gasteiger partial charge in [-0.1, -0.05) is 18.2 Å². The fourth-order valence-corrected chi connectivity index (χ4v) is 5.84. The first-order valence-electron chi connectivity index (χ1n) is 13.0. The number of hydrogen-bond donors (Lipinski definition) is 3. The lowest BCUT2D eigenvalue weighted by Crippen LogP contribution is -2.54. The number of piperidine rings is 1. The number of imide groups is 2. The summed E-state index contributed by atoms with van der Waals surface area (Å²) in [5.41, 5.74) is -0.548. The lowest BCUT2D eigenvalue weighted by atomic mass is 9.79. The molecule has 2 aliphatic heterocycles.